The number of aliphatic hydroxyl groups excluding tert-OH is 1. The number of fused-ring (bicyclic) bond motifs is 3. The molecule has 43 heavy (non-hydrogen) atoms. The van der Waals surface area contributed by atoms with Crippen LogP contribution in [0.3, 0.4) is 0 Å². The molecule has 4 atom stereocenters. The molecule has 3 aliphatic rings. The van der Waals surface area contributed by atoms with Crippen LogP contribution >= 0.6 is 11.6 Å². The van der Waals surface area contributed by atoms with Gasteiger partial charge in [-0.3, -0.25) is 19.6 Å². The zero-order chi connectivity index (χ0) is 30.6. The van der Waals surface area contributed by atoms with Gasteiger partial charge in [0.25, 0.3) is 11.8 Å². The maximum absolute atomic E-state index is 14.1. The first-order valence-corrected chi connectivity index (χ1v) is 15.0. The molecule has 1 unspecified atom stereocenters. The molecule has 0 saturated heterocycles. The lowest BCUT2D eigenvalue weighted by molar-refractivity contribution is 0.000782. The molecular formula is C32H35ClN6O4. The zero-order valence-electron chi connectivity index (χ0n) is 24.7. The van der Waals surface area contributed by atoms with Gasteiger partial charge in [0.05, 0.1) is 34.9 Å². The molecule has 0 spiro atoms. The van der Waals surface area contributed by atoms with Crippen LogP contribution < -0.4 is 10.1 Å². The summed E-state index contributed by atoms with van der Waals surface area (Å²) in [5, 5.41) is 27.6. The molecule has 0 bridgehead atoms. The van der Waals surface area contributed by atoms with Crippen LogP contribution in [0.2, 0.25) is 5.02 Å². The van der Waals surface area contributed by atoms with Gasteiger partial charge in [0.2, 0.25) is 0 Å². The van der Waals surface area contributed by atoms with E-state index in [0.29, 0.717) is 35.0 Å². The standard InChI is InChI=1S/C32H35ClN6O4/c1-18-13-27-25(17-37(18)29(40)22-7-10-26(33)23(14-22)15-34)28-30(41)38(16-19(2)39(28)36-27)20(3)21-5-8-24(9-6-21)43-32(11-12-32)31(42)35-4/h5-10,14,18-20,31,35,42H,11-13,16-17H2,1-4H3/t18-,19-,20-,31?/m1/s1. The van der Waals surface area contributed by atoms with Gasteiger partial charge in [0.1, 0.15) is 29.3 Å². The van der Waals surface area contributed by atoms with E-state index >= 15 is 0 Å². The first-order chi connectivity index (χ1) is 20.6. The van der Waals surface area contributed by atoms with Crippen LogP contribution in [0.5, 0.6) is 5.75 Å². The number of amides is 2. The maximum Gasteiger partial charge on any atom is 0.273 e. The van der Waals surface area contributed by atoms with Crippen molar-refractivity contribution in [2.45, 2.75) is 76.5 Å². The highest BCUT2D eigenvalue weighted by atomic mass is 35.5. The largest absolute Gasteiger partial charge is 0.483 e. The average molecular weight is 603 g/mol. The van der Waals surface area contributed by atoms with Crippen LogP contribution in [-0.2, 0) is 13.0 Å². The Bertz CT molecular complexity index is 1630. The van der Waals surface area contributed by atoms with Crippen molar-refractivity contribution in [3.05, 3.63) is 81.1 Å². The van der Waals surface area contributed by atoms with E-state index in [9.17, 15) is 20.0 Å². The molecule has 1 aromatic heterocycles. The first kappa shape index (κ1) is 29.2. The number of aromatic nitrogens is 2. The predicted molar refractivity (Wildman–Crippen MR) is 160 cm³/mol. The van der Waals surface area contributed by atoms with Gasteiger partial charge in [-0.2, -0.15) is 10.4 Å². The molecule has 224 valence electrons. The van der Waals surface area contributed by atoms with Crippen LogP contribution in [0.4, 0.5) is 0 Å². The number of halogens is 1. The normalized spacial score (nSPS) is 21.8. The number of carbonyl (C=O) groups is 2. The summed E-state index contributed by atoms with van der Waals surface area (Å²) >= 11 is 6.09. The number of likely N-dealkylation sites (N-methyl/N-ethyl adjacent to an activating group) is 1. The van der Waals surface area contributed by atoms with E-state index in [1.54, 1.807) is 24.1 Å². The van der Waals surface area contributed by atoms with Gasteiger partial charge in [0, 0.05) is 30.1 Å². The summed E-state index contributed by atoms with van der Waals surface area (Å²) in [4.78, 5) is 31.3. The summed E-state index contributed by atoms with van der Waals surface area (Å²) in [5.74, 6) is 0.342. The topological polar surface area (TPSA) is 124 Å². The summed E-state index contributed by atoms with van der Waals surface area (Å²) in [6.45, 7) is 6.79. The molecule has 2 aromatic carbocycles. The van der Waals surface area contributed by atoms with Crippen LogP contribution in [0.15, 0.2) is 42.5 Å². The summed E-state index contributed by atoms with van der Waals surface area (Å²) < 4.78 is 7.94. The van der Waals surface area contributed by atoms with Crippen molar-refractivity contribution < 1.29 is 19.4 Å². The third kappa shape index (κ3) is 5.05. The minimum absolute atomic E-state index is 0.0463. The summed E-state index contributed by atoms with van der Waals surface area (Å²) in [6.07, 6.45) is 1.37. The van der Waals surface area contributed by atoms with E-state index < -0.39 is 11.8 Å². The Balaban J connectivity index is 1.24. The molecule has 2 aliphatic heterocycles. The molecule has 11 heteroatoms. The molecule has 10 nitrogen and oxygen atoms in total. The fourth-order valence-electron chi connectivity index (χ4n) is 6.25. The van der Waals surface area contributed by atoms with Crippen molar-refractivity contribution in [1.82, 2.24) is 24.9 Å². The lowest BCUT2D eigenvalue weighted by Crippen LogP contribution is -2.45. The number of nitriles is 1. The van der Waals surface area contributed by atoms with Crippen molar-refractivity contribution in [3.63, 3.8) is 0 Å². The van der Waals surface area contributed by atoms with Crippen molar-refractivity contribution in [1.29, 1.82) is 5.26 Å². The van der Waals surface area contributed by atoms with Crippen LogP contribution in [0.25, 0.3) is 0 Å². The number of aliphatic hydroxyl groups is 1. The van der Waals surface area contributed by atoms with E-state index in [0.717, 1.165) is 29.7 Å². The molecule has 6 rings (SSSR count). The first-order valence-electron chi connectivity index (χ1n) is 14.6. The Labute approximate surface area is 255 Å². The molecule has 3 aromatic rings. The minimum atomic E-state index is -0.732. The summed E-state index contributed by atoms with van der Waals surface area (Å²) in [7, 11) is 1.71. The van der Waals surface area contributed by atoms with Crippen molar-refractivity contribution in [2.24, 2.45) is 0 Å². The highest BCUT2D eigenvalue weighted by molar-refractivity contribution is 6.31. The zero-order valence-corrected chi connectivity index (χ0v) is 25.4. The summed E-state index contributed by atoms with van der Waals surface area (Å²) in [5.41, 5.74) is 3.15. The Morgan fingerprint density at radius 1 is 1.21 bits per heavy atom. The Morgan fingerprint density at radius 2 is 1.93 bits per heavy atom. The highest BCUT2D eigenvalue weighted by Gasteiger charge is 2.51. The van der Waals surface area contributed by atoms with E-state index in [1.165, 1.54) is 6.07 Å². The van der Waals surface area contributed by atoms with Gasteiger partial charge in [-0.25, -0.2) is 0 Å². The number of carbonyl (C=O) groups excluding carboxylic acids is 2. The highest BCUT2D eigenvalue weighted by Crippen LogP contribution is 2.43. The molecule has 1 aliphatic carbocycles. The van der Waals surface area contributed by atoms with Gasteiger partial charge < -0.3 is 19.6 Å². The van der Waals surface area contributed by atoms with Crippen molar-refractivity contribution in [3.8, 4) is 11.8 Å². The van der Waals surface area contributed by atoms with Gasteiger partial charge in [-0.05, 0) is 76.6 Å². The quantitative estimate of drug-likeness (QED) is 0.388. The molecule has 1 fully saturated rings. The lowest BCUT2D eigenvalue weighted by Gasteiger charge is -2.37. The average Bonchev–Trinajstić information content (AvgIpc) is 3.69. The van der Waals surface area contributed by atoms with E-state index in [1.807, 2.05) is 53.8 Å². The second-order valence-electron chi connectivity index (χ2n) is 11.9. The SMILES string of the molecule is CNC(O)C1(Oc2ccc([C@@H](C)N3C[C@@H](C)n4nc5c(c4C3=O)CN(C(=O)c3ccc(Cl)c(C#N)c3)[C@H](C)C5)cc2)CC1. The maximum atomic E-state index is 14.1. The second kappa shape index (κ2) is 11.0. The van der Waals surface area contributed by atoms with Gasteiger partial charge in [-0.1, -0.05) is 23.7 Å². The Hall–Kier alpha value is -3.91. The molecule has 0 radical (unpaired) electrons. The van der Waals surface area contributed by atoms with Crippen LogP contribution in [0.1, 0.15) is 88.9 Å². The minimum Gasteiger partial charge on any atom is -0.483 e. The van der Waals surface area contributed by atoms with Crippen LogP contribution in [0, 0.1) is 11.3 Å². The number of benzene rings is 2. The van der Waals surface area contributed by atoms with Crippen LogP contribution in [-0.4, -0.2) is 68.0 Å². The lowest BCUT2D eigenvalue weighted by atomic mass is 9.96. The number of hydrogen-bond donors (Lipinski definition) is 2. The fraction of sp³-hybridized carbons (Fsp3) is 0.438. The van der Waals surface area contributed by atoms with Gasteiger partial charge in [-0.15, -0.1) is 0 Å². The van der Waals surface area contributed by atoms with Gasteiger partial charge in [0.15, 0.2) is 0 Å². The van der Waals surface area contributed by atoms with Crippen molar-refractivity contribution >= 4 is 23.4 Å². The van der Waals surface area contributed by atoms with E-state index in [2.05, 4.69) is 12.2 Å². The molecule has 2 amide bonds. The third-order valence-electron chi connectivity index (χ3n) is 9.04. The van der Waals surface area contributed by atoms with E-state index in [-0.39, 0.29) is 42.0 Å². The van der Waals surface area contributed by atoms with Crippen molar-refractivity contribution in [2.75, 3.05) is 13.6 Å². The third-order valence-corrected chi connectivity index (χ3v) is 9.37. The Morgan fingerprint density at radius 3 is 2.58 bits per heavy atom. The smallest absolute Gasteiger partial charge is 0.273 e. The summed E-state index contributed by atoms with van der Waals surface area (Å²) in [6, 6.07) is 14.0. The molecule has 1 saturated carbocycles. The number of nitrogens with zero attached hydrogens (tertiary/aromatic N) is 5. The molecule has 3 heterocycles. The number of hydrogen-bond acceptors (Lipinski definition) is 7. The molecular weight excluding hydrogens is 568 g/mol. The van der Waals surface area contributed by atoms with E-state index in [4.69, 9.17) is 21.4 Å². The monoisotopic (exact) mass is 602 g/mol. The second-order valence-corrected chi connectivity index (χ2v) is 12.3. The number of ether oxygens (including phenoxy) is 1. The number of nitrogens with one attached hydrogen (secondary N) is 1. The number of rotatable bonds is 7. The molecule has 2 N–H and O–H groups in total. The van der Waals surface area contributed by atoms with Gasteiger partial charge >= 0.3 is 0 Å². The fourth-order valence-corrected chi connectivity index (χ4v) is 6.41. The Kier molecular flexibility index (Phi) is 7.45. The predicted octanol–water partition coefficient (Wildman–Crippen LogP) is 4.22.